The molecule has 1 rings (SSSR count). The molecule has 0 atom stereocenters. The smallest absolute Gasteiger partial charge is 0.0730 e. The van der Waals surface area contributed by atoms with Gasteiger partial charge in [-0.05, 0) is 27.2 Å². The summed E-state index contributed by atoms with van der Waals surface area (Å²) in [6.45, 7) is 7.70. The van der Waals surface area contributed by atoms with E-state index in [-0.39, 0.29) is 0 Å². The highest BCUT2D eigenvalue weighted by molar-refractivity contribution is 5.39. The Morgan fingerprint density at radius 3 is 2.79 bits per heavy atom. The SMILES string of the molecule is Cc1c(N)cnn1CCCOC(C)C. The Morgan fingerprint density at radius 1 is 1.57 bits per heavy atom. The highest BCUT2D eigenvalue weighted by atomic mass is 16.5. The van der Waals surface area contributed by atoms with Crippen LogP contribution in [0, 0.1) is 6.92 Å². The van der Waals surface area contributed by atoms with Crippen LogP contribution in [0.4, 0.5) is 5.69 Å². The summed E-state index contributed by atoms with van der Waals surface area (Å²) in [6, 6.07) is 0. The zero-order valence-corrected chi connectivity index (χ0v) is 9.16. The number of hydrogen-bond donors (Lipinski definition) is 1. The Labute approximate surface area is 85.0 Å². The molecule has 1 aromatic heterocycles. The lowest BCUT2D eigenvalue weighted by atomic mass is 10.4. The van der Waals surface area contributed by atoms with Gasteiger partial charge in [-0.1, -0.05) is 0 Å². The molecule has 0 saturated carbocycles. The predicted molar refractivity (Wildman–Crippen MR) is 57.1 cm³/mol. The van der Waals surface area contributed by atoms with E-state index >= 15 is 0 Å². The van der Waals surface area contributed by atoms with Crippen LogP contribution in [0.2, 0.25) is 0 Å². The molecule has 0 amide bonds. The second-order valence-corrected chi connectivity index (χ2v) is 3.68. The van der Waals surface area contributed by atoms with Crippen LogP contribution in [0.3, 0.4) is 0 Å². The predicted octanol–water partition coefficient (Wildman–Crippen LogP) is 1.59. The van der Waals surface area contributed by atoms with E-state index < -0.39 is 0 Å². The third-order valence-electron chi connectivity index (χ3n) is 2.11. The maximum atomic E-state index is 5.68. The minimum Gasteiger partial charge on any atom is -0.396 e. The molecule has 0 unspecified atom stereocenters. The van der Waals surface area contributed by atoms with Crippen LogP contribution in [0.15, 0.2) is 6.20 Å². The molecular weight excluding hydrogens is 178 g/mol. The molecule has 0 fully saturated rings. The molecule has 80 valence electrons. The van der Waals surface area contributed by atoms with Crippen LogP contribution in [0.25, 0.3) is 0 Å². The summed E-state index contributed by atoms with van der Waals surface area (Å²) in [5, 5.41) is 4.17. The lowest BCUT2D eigenvalue weighted by Gasteiger charge is -2.08. The summed E-state index contributed by atoms with van der Waals surface area (Å²) >= 11 is 0. The fourth-order valence-electron chi connectivity index (χ4n) is 1.22. The zero-order chi connectivity index (χ0) is 10.6. The molecule has 4 heteroatoms. The number of rotatable bonds is 5. The minimum atomic E-state index is 0.304. The molecule has 0 spiro atoms. The largest absolute Gasteiger partial charge is 0.396 e. The molecule has 1 aromatic rings. The Hall–Kier alpha value is -1.03. The maximum Gasteiger partial charge on any atom is 0.0730 e. The van der Waals surface area contributed by atoms with Gasteiger partial charge in [0.2, 0.25) is 0 Å². The molecule has 0 aliphatic heterocycles. The summed E-state index contributed by atoms with van der Waals surface area (Å²) in [5.41, 5.74) is 7.47. The van der Waals surface area contributed by atoms with E-state index in [2.05, 4.69) is 5.10 Å². The summed E-state index contributed by atoms with van der Waals surface area (Å²) in [7, 11) is 0. The van der Waals surface area contributed by atoms with Crippen molar-refractivity contribution in [2.75, 3.05) is 12.3 Å². The van der Waals surface area contributed by atoms with Gasteiger partial charge in [0, 0.05) is 13.2 Å². The third kappa shape index (κ3) is 3.03. The van der Waals surface area contributed by atoms with Gasteiger partial charge >= 0.3 is 0 Å². The van der Waals surface area contributed by atoms with Crippen molar-refractivity contribution in [1.82, 2.24) is 9.78 Å². The van der Waals surface area contributed by atoms with Crippen LogP contribution < -0.4 is 5.73 Å². The number of aryl methyl sites for hydroxylation is 1. The number of ether oxygens (including phenoxy) is 1. The molecule has 0 saturated heterocycles. The van der Waals surface area contributed by atoms with Gasteiger partial charge in [-0.3, -0.25) is 4.68 Å². The first-order chi connectivity index (χ1) is 6.61. The summed E-state index contributed by atoms with van der Waals surface area (Å²) in [4.78, 5) is 0. The molecule has 0 aromatic carbocycles. The monoisotopic (exact) mass is 197 g/mol. The van der Waals surface area contributed by atoms with Crippen molar-refractivity contribution in [3.63, 3.8) is 0 Å². The Balaban J connectivity index is 2.28. The molecule has 14 heavy (non-hydrogen) atoms. The van der Waals surface area contributed by atoms with Gasteiger partial charge in [-0.25, -0.2) is 0 Å². The molecule has 0 aliphatic rings. The van der Waals surface area contributed by atoms with Gasteiger partial charge in [0.1, 0.15) is 0 Å². The molecule has 4 nitrogen and oxygen atoms in total. The molecule has 0 radical (unpaired) electrons. The van der Waals surface area contributed by atoms with E-state index in [9.17, 15) is 0 Å². The maximum absolute atomic E-state index is 5.68. The third-order valence-corrected chi connectivity index (χ3v) is 2.11. The van der Waals surface area contributed by atoms with Crippen molar-refractivity contribution in [1.29, 1.82) is 0 Å². The standard InChI is InChI=1S/C10H19N3O/c1-8(2)14-6-4-5-13-9(3)10(11)7-12-13/h7-8H,4-6,11H2,1-3H3. The van der Waals surface area contributed by atoms with Crippen LogP contribution in [0.1, 0.15) is 26.0 Å². The summed E-state index contributed by atoms with van der Waals surface area (Å²) < 4.78 is 7.35. The fraction of sp³-hybridized carbons (Fsp3) is 0.700. The van der Waals surface area contributed by atoms with Crippen molar-refractivity contribution >= 4 is 5.69 Å². The molecule has 2 N–H and O–H groups in total. The van der Waals surface area contributed by atoms with Gasteiger partial charge in [-0.15, -0.1) is 0 Å². The first-order valence-electron chi connectivity index (χ1n) is 5.00. The number of hydrogen-bond acceptors (Lipinski definition) is 3. The highest BCUT2D eigenvalue weighted by Gasteiger charge is 2.02. The quantitative estimate of drug-likeness (QED) is 0.729. The Bertz CT molecular complexity index is 281. The Morgan fingerprint density at radius 2 is 2.29 bits per heavy atom. The van der Waals surface area contributed by atoms with Crippen molar-refractivity contribution in [2.45, 2.75) is 39.8 Å². The van der Waals surface area contributed by atoms with Crippen molar-refractivity contribution in [2.24, 2.45) is 0 Å². The first kappa shape index (κ1) is 11.0. The van der Waals surface area contributed by atoms with E-state index in [0.717, 1.165) is 31.0 Å². The van der Waals surface area contributed by atoms with Crippen molar-refractivity contribution in [3.8, 4) is 0 Å². The molecular formula is C10H19N3O. The highest BCUT2D eigenvalue weighted by Crippen LogP contribution is 2.08. The van der Waals surface area contributed by atoms with Gasteiger partial charge in [0.05, 0.1) is 23.7 Å². The number of nitrogens with two attached hydrogens (primary N) is 1. The average molecular weight is 197 g/mol. The number of nitrogen functional groups attached to an aromatic ring is 1. The van der Waals surface area contributed by atoms with E-state index in [0.29, 0.717) is 6.10 Å². The number of anilines is 1. The minimum absolute atomic E-state index is 0.304. The van der Waals surface area contributed by atoms with Crippen molar-refractivity contribution < 1.29 is 4.74 Å². The number of nitrogens with zero attached hydrogens (tertiary/aromatic N) is 2. The normalized spacial score (nSPS) is 11.1. The molecule has 0 bridgehead atoms. The zero-order valence-electron chi connectivity index (χ0n) is 9.16. The van der Waals surface area contributed by atoms with Gasteiger partial charge in [-0.2, -0.15) is 5.10 Å². The van der Waals surface area contributed by atoms with E-state index in [1.165, 1.54) is 0 Å². The topological polar surface area (TPSA) is 53.1 Å². The van der Waals surface area contributed by atoms with E-state index in [1.807, 2.05) is 25.5 Å². The Kier molecular flexibility index (Phi) is 3.95. The van der Waals surface area contributed by atoms with Crippen LogP contribution in [-0.4, -0.2) is 22.5 Å². The van der Waals surface area contributed by atoms with Crippen LogP contribution in [0.5, 0.6) is 0 Å². The van der Waals surface area contributed by atoms with Gasteiger partial charge in [0.25, 0.3) is 0 Å². The van der Waals surface area contributed by atoms with E-state index in [1.54, 1.807) is 6.20 Å². The fourth-order valence-corrected chi connectivity index (χ4v) is 1.22. The lowest BCUT2D eigenvalue weighted by molar-refractivity contribution is 0.0742. The van der Waals surface area contributed by atoms with E-state index in [4.69, 9.17) is 10.5 Å². The first-order valence-corrected chi connectivity index (χ1v) is 5.00. The molecule has 0 aliphatic carbocycles. The number of aromatic nitrogens is 2. The average Bonchev–Trinajstić information content (AvgIpc) is 2.43. The van der Waals surface area contributed by atoms with Crippen LogP contribution >= 0.6 is 0 Å². The van der Waals surface area contributed by atoms with Crippen LogP contribution in [-0.2, 0) is 11.3 Å². The van der Waals surface area contributed by atoms with Gasteiger partial charge in [0.15, 0.2) is 0 Å². The second kappa shape index (κ2) is 5.00. The molecule has 1 heterocycles. The second-order valence-electron chi connectivity index (χ2n) is 3.68. The summed E-state index contributed by atoms with van der Waals surface area (Å²) in [5.74, 6) is 0. The van der Waals surface area contributed by atoms with Gasteiger partial charge < -0.3 is 10.5 Å². The lowest BCUT2D eigenvalue weighted by Crippen LogP contribution is -2.09. The summed E-state index contributed by atoms with van der Waals surface area (Å²) in [6.07, 6.45) is 2.97. The van der Waals surface area contributed by atoms with Crippen molar-refractivity contribution in [3.05, 3.63) is 11.9 Å².